The number of nitrogens with one attached hydrogen (secondary N) is 1. The number of rotatable bonds is 6. The maximum atomic E-state index is 5.36. The van der Waals surface area contributed by atoms with Crippen molar-refractivity contribution in [3.63, 3.8) is 0 Å². The van der Waals surface area contributed by atoms with Crippen molar-refractivity contribution in [1.29, 1.82) is 0 Å². The molecular formula is C15H21N3O2. The van der Waals surface area contributed by atoms with E-state index in [-0.39, 0.29) is 0 Å². The summed E-state index contributed by atoms with van der Waals surface area (Å²) in [6, 6.07) is 7.72. The van der Waals surface area contributed by atoms with Gasteiger partial charge in [-0.05, 0) is 31.2 Å². The molecule has 0 fully saturated rings. The molecule has 0 saturated carbocycles. The monoisotopic (exact) mass is 275 g/mol. The van der Waals surface area contributed by atoms with Gasteiger partial charge in [-0.3, -0.25) is 4.99 Å². The van der Waals surface area contributed by atoms with Gasteiger partial charge in [0.1, 0.15) is 11.5 Å². The van der Waals surface area contributed by atoms with E-state index in [1.165, 1.54) is 0 Å². The Balaban J connectivity index is 1.90. The summed E-state index contributed by atoms with van der Waals surface area (Å²) < 4.78 is 10.7. The number of furan rings is 2. The summed E-state index contributed by atoms with van der Waals surface area (Å²) in [4.78, 5) is 6.64. The summed E-state index contributed by atoms with van der Waals surface area (Å²) >= 11 is 0. The van der Waals surface area contributed by atoms with E-state index in [1.54, 1.807) is 12.5 Å². The van der Waals surface area contributed by atoms with Crippen LogP contribution in [0.25, 0.3) is 0 Å². The van der Waals surface area contributed by atoms with Gasteiger partial charge < -0.3 is 19.1 Å². The smallest absolute Gasteiger partial charge is 0.194 e. The second-order valence-corrected chi connectivity index (χ2v) is 4.50. The predicted molar refractivity (Wildman–Crippen MR) is 78.6 cm³/mol. The van der Waals surface area contributed by atoms with Crippen molar-refractivity contribution in [3.05, 3.63) is 48.3 Å². The lowest BCUT2D eigenvalue weighted by atomic mass is 10.3. The molecule has 0 bridgehead atoms. The molecule has 2 aromatic heterocycles. The number of hydrogen-bond donors (Lipinski definition) is 1. The maximum Gasteiger partial charge on any atom is 0.194 e. The van der Waals surface area contributed by atoms with Crippen LogP contribution in [-0.4, -0.2) is 31.0 Å². The van der Waals surface area contributed by atoms with Gasteiger partial charge in [-0.15, -0.1) is 0 Å². The highest BCUT2D eigenvalue weighted by Crippen LogP contribution is 2.05. The van der Waals surface area contributed by atoms with Crippen LogP contribution in [-0.2, 0) is 13.0 Å². The summed E-state index contributed by atoms with van der Waals surface area (Å²) in [6.07, 6.45) is 4.17. The number of hydrogen-bond acceptors (Lipinski definition) is 3. The summed E-state index contributed by atoms with van der Waals surface area (Å²) in [5.74, 6) is 2.75. The van der Waals surface area contributed by atoms with Gasteiger partial charge in [0.05, 0.1) is 19.1 Å². The Hall–Kier alpha value is -2.17. The third-order valence-corrected chi connectivity index (χ3v) is 2.87. The fourth-order valence-corrected chi connectivity index (χ4v) is 1.91. The van der Waals surface area contributed by atoms with Crippen LogP contribution in [0.3, 0.4) is 0 Å². The van der Waals surface area contributed by atoms with Crippen molar-refractivity contribution >= 4 is 5.96 Å². The number of aliphatic imine (C=N–C) groups is 1. The average molecular weight is 275 g/mol. The van der Waals surface area contributed by atoms with E-state index < -0.39 is 0 Å². The van der Waals surface area contributed by atoms with Gasteiger partial charge >= 0.3 is 0 Å². The quantitative estimate of drug-likeness (QED) is 0.650. The first-order valence-corrected chi connectivity index (χ1v) is 6.83. The number of nitrogens with zero attached hydrogens (tertiary/aromatic N) is 2. The van der Waals surface area contributed by atoms with Gasteiger partial charge in [-0.2, -0.15) is 0 Å². The molecule has 0 radical (unpaired) electrons. The zero-order valence-corrected chi connectivity index (χ0v) is 12.0. The summed E-state index contributed by atoms with van der Waals surface area (Å²) in [7, 11) is 2.00. The summed E-state index contributed by atoms with van der Waals surface area (Å²) in [5, 5.41) is 3.28. The first-order valence-electron chi connectivity index (χ1n) is 6.83. The minimum Gasteiger partial charge on any atom is -0.469 e. The minimum absolute atomic E-state index is 0.693. The molecule has 0 aliphatic carbocycles. The Morgan fingerprint density at radius 2 is 1.90 bits per heavy atom. The van der Waals surface area contributed by atoms with E-state index in [4.69, 9.17) is 8.83 Å². The van der Waals surface area contributed by atoms with Gasteiger partial charge in [0, 0.05) is 26.6 Å². The third-order valence-electron chi connectivity index (χ3n) is 2.87. The van der Waals surface area contributed by atoms with Gasteiger partial charge in [0.2, 0.25) is 0 Å². The van der Waals surface area contributed by atoms with Gasteiger partial charge in [-0.1, -0.05) is 0 Å². The first-order chi connectivity index (χ1) is 9.79. The van der Waals surface area contributed by atoms with Crippen LogP contribution < -0.4 is 5.32 Å². The standard InChI is InChI=1S/C15H21N3O2/c1-3-16-15(17-9-8-13-6-4-10-19-13)18(2)12-14-7-5-11-20-14/h4-7,10-11H,3,8-9,12H2,1-2H3,(H,16,17). The van der Waals surface area contributed by atoms with Crippen LogP contribution in [0.4, 0.5) is 0 Å². The first kappa shape index (κ1) is 14.2. The van der Waals surface area contributed by atoms with Crippen LogP contribution in [0.15, 0.2) is 50.6 Å². The van der Waals surface area contributed by atoms with Crippen molar-refractivity contribution in [3.8, 4) is 0 Å². The van der Waals surface area contributed by atoms with Gasteiger partial charge in [-0.25, -0.2) is 0 Å². The maximum absolute atomic E-state index is 5.36. The molecule has 0 amide bonds. The molecule has 0 aliphatic heterocycles. The van der Waals surface area contributed by atoms with Crippen molar-refractivity contribution in [2.45, 2.75) is 19.9 Å². The molecule has 5 heteroatoms. The third kappa shape index (κ3) is 4.19. The van der Waals surface area contributed by atoms with E-state index in [0.29, 0.717) is 13.1 Å². The minimum atomic E-state index is 0.693. The topological polar surface area (TPSA) is 53.9 Å². The van der Waals surface area contributed by atoms with E-state index in [2.05, 4.69) is 17.2 Å². The van der Waals surface area contributed by atoms with Crippen LogP contribution >= 0.6 is 0 Å². The highest BCUT2D eigenvalue weighted by atomic mass is 16.3. The molecule has 2 aromatic rings. The SMILES string of the molecule is CCNC(=NCCc1ccco1)N(C)Cc1ccco1. The molecule has 0 spiro atoms. The second-order valence-electron chi connectivity index (χ2n) is 4.50. The summed E-state index contributed by atoms with van der Waals surface area (Å²) in [5.41, 5.74) is 0. The lowest BCUT2D eigenvalue weighted by Gasteiger charge is -2.20. The second kappa shape index (κ2) is 7.43. The molecule has 1 N–H and O–H groups in total. The van der Waals surface area contributed by atoms with Crippen LogP contribution in [0.1, 0.15) is 18.4 Å². The zero-order valence-electron chi connectivity index (χ0n) is 12.0. The fourth-order valence-electron chi connectivity index (χ4n) is 1.91. The van der Waals surface area contributed by atoms with E-state index in [1.807, 2.05) is 36.2 Å². The molecule has 0 unspecified atom stereocenters. The average Bonchev–Trinajstić information content (AvgIpc) is 3.10. The van der Waals surface area contributed by atoms with Crippen LogP contribution in [0.5, 0.6) is 0 Å². The Morgan fingerprint density at radius 1 is 1.20 bits per heavy atom. The highest BCUT2D eigenvalue weighted by Gasteiger charge is 2.07. The lowest BCUT2D eigenvalue weighted by Crippen LogP contribution is -2.38. The Labute approximate surface area is 119 Å². The predicted octanol–water partition coefficient (Wildman–Crippen LogP) is 2.51. The van der Waals surface area contributed by atoms with E-state index >= 15 is 0 Å². The van der Waals surface area contributed by atoms with Gasteiger partial charge in [0.15, 0.2) is 5.96 Å². The highest BCUT2D eigenvalue weighted by molar-refractivity contribution is 5.79. The van der Waals surface area contributed by atoms with E-state index in [0.717, 1.165) is 30.4 Å². The van der Waals surface area contributed by atoms with Crippen molar-refractivity contribution in [1.82, 2.24) is 10.2 Å². The van der Waals surface area contributed by atoms with Gasteiger partial charge in [0.25, 0.3) is 0 Å². The molecule has 0 atom stereocenters. The molecule has 5 nitrogen and oxygen atoms in total. The molecule has 2 heterocycles. The van der Waals surface area contributed by atoms with Crippen molar-refractivity contribution in [2.24, 2.45) is 4.99 Å². The molecule has 0 aromatic carbocycles. The Bertz CT molecular complexity index is 503. The molecule has 0 aliphatic rings. The Morgan fingerprint density at radius 3 is 2.50 bits per heavy atom. The lowest BCUT2D eigenvalue weighted by molar-refractivity contribution is 0.400. The normalized spacial score (nSPS) is 11.6. The molecular weight excluding hydrogens is 254 g/mol. The number of guanidine groups is 1. The Kier molecular flexibility index (Phi) is 5.29. The largest absolute Gasteiger partial charge is 0.469 e. The molecule has 0 saturated heterocycles. The van der Waals surface area contributed by atoms with Crippen molar-refractivity contribution < 1.29 is 8.83 Å². The van der Waals surface area contributed by atoms with Crippen LogP contribution in [0.2, 0.25) is 0 Å². The molecule has 2 rings (SSSR count). The summed E-state index contributed by atoms with van der Waals surface area (Å²) in [6.45, 7) is 4.28. The zero-order chi connectivity index (χ0) is 14.2. The fraction of sp³-hybridized carbons (Fsp3) is 0.400. The molecule has 20 heavy (non-hydrogen) atoms. The van der Waals surface area contributed by atoms with E-state index in [9.17, 15) is 0 Å². The molecule has 108 valence electrons. The van der Waals surface area contributed by atoms with Crippen molar-refractivity contribution in [2.75, 3.05) is 20.1 Å². The van der Waals surface area contributed by atoms with Crippen LogP contribution in [0, 0.1) is 0 Å².